The summed E-state index contributed by atoms with van der Waals surface area (Å²) in [6, 6.07) is 0.362. The Labute approximate surface area is 115 Å². The van der Waals surface area contributed by atoms with Crippen LogP contribution in [-0.2, 0) is 4.79 Å². The van der Waals surface area contributed by atoms with Crippen LogP contribution in [0.4, 0.5) is 4.79 Å². The third-order valence-electron chi connectivity index (χ3n) is 4.23. The molecule has 0 aromatic rings. The van der Waals surface area contributed by atoms with E-state index in [1.165, 1.54) is 19.3 Å². The molecule has 5 heteroatoms. The first kappa shape index (κ1) is 14.3. The fourth-order valence-corrected chi connectivity index (χ4v) is 3.03. The summed E-state index contributed by atoms with van der Waals surface area (Å²) in [4.78, 5) is 25.7. The summed E-state index contributed by atoms with van der Waals surface area (Å²) in [5.74, 6) is -0.191. The van der Waals surface area contributed by atoms with Crippen molar-refractivity contribution in [3.8, 4) is 0 Å². The van der Waals surface area contributed by atoms with E-state index < -0.39 is 0 Å². The van der Waals surface area contributed by atoms with Crippen LogP contribution in [0.1, 0.15) is 51.9 Å². The van der Waals surface area contributed by atoms with Crippen LogP contribution < -0.4 is 10.6 Å². The minimum absolute atomic E-state index is 0.191. The first-order chi connectivity index (χ1) is 9.15. The highest BCUT2D eigenvalue weighted by Gasteiger charge is 2.22. The van der Waals surface area contributed by atoms with Crippen LogP contribution in [0.25, 0.3) is 0 Å². The van der Waals surface area contributed by atoms with E-state index in [9.17, 15) is 9.59 Å². The van der Waals surface area contributed by atoms with Gasteiger partial charge in [0.25, 0.3) is 0 Å². The number of piperidine rings is 1. The number of nitrogens with one attached hydrogen (secondary N) is 2. The van der Waals surface area contributed by atoms with Gasteiger partial charge in [-0.05, 0) is 39.2 Å². The quantitative estimate of drug-likeness (QED) is 0.817. The lowest BCUT2D eigenvalue weighted by atomic mass is 10.0. The molecule has 2 rings (SSSR count). The number of likely N-dealkylation sites (tertiary alicyclic amines) is 1. The van der Waals surface area contributed by atoms with Gasteiger partial charge in [-0.2, -0.15) is 0 Å². The predicted molar refractivity (Wildman–Crippen MR) is 73.8 cm³/mol. The molecule has 19 heavy (non-hydrogen) atoms. The lowest BCUT2D eigenvalue weighted by Gasteiger charge is -2.32. The SMILES string of the molecule is CC1CCCCN1CC(=O)NC(=O)NC1CCCC1. The molecule has 1 aliphatic heterocycles. The molecule has 2 N–H and O–H groups in total. The third-order valence-corrected chi connectivity index (χ3v) is 4.23. The Balaban J connectivity index is 1.69. The molecular formula is C14H25N3O2. The van der Waals surface area contributed by atoms with Crippen molar-refractivity contribution in [3.63, 3.8) is 0 Å². The van der Waals surface area contributed by atoms with E-state index in [1.807, 2.05) is 0 Å². The van der Waals surface area contributed by atoms with Gasteiger partial charge in [-0.15, -0.1) is 0 Å². The van der Waals surface area contributed by atoms with Crippen molar-refractivity contribution >= 4 is 11.9 Å². The second-order valence-corrected chi connectivity index (χ2v) is 5.82. The van der Waals surface area contributed by atoms with Gasteiger partial charge < -0.3 is 5.32 Å². The van der Waals surface area contributed by atoms with E-state index in [-0.39, 0.29) is 18.0 Å². The summed E-state index contributed by atoms with van der Waals surface area (Å²) in [7, 11) is 0. The normalized spacial score (nSPS) is 25.2. The zero-order valence-electron chi connectivity index (χ0n) is 11.8. The van der Waals surface area contributed by atoms with Crippen molar-refractivity contribution in [2.75, 3.05) is 13.1 Å². The summed E-state index contributed by atoms with van der Waals surface area (Å²) >= 11 is 0. The van der Waals surface area contributed by atoms with E-state index in [0.29, 0.717) is 12.6 Å². The molecule has 1 atom stereocenters. The molecule has 108 valence electrons. The second kappa shape index (κ2) is 6.89. The molecule has 3 amide bonds. The van der Waals surface area contributed by atoms with Gasteiger partial charge >= 0.3 is 6.03 Å². The van der Waals surface area contributed by atoms with Crippen molar-refractivity contribution in [3.05, 3.63) is 0 Å². The van der Waals surface area contributed by atoms with Gasteiger partial charge in [0, 0.05) is 12.1 Å². The zero-order chi connectivity index (χ0) is 13.7. The molecule has 5 nitrogen and oxygen atoms in total. The number of hydrogen-bond donors (Lipinski definition) is 2. The number of nitrogens with zero attached hydrogens (tertiary/aromatic N) is 1. The summed E-state index contributed by atoms with van der Waals surface area (Å²) in [6.07, 6.45) is 7.93. The number of urea groups is 1. The van der Waals surface area contributed by atoms with Gasteiger partial charge in [0.15, 0.2) is 0 Å². The van der Waals surface area contributed by atoms with Crippen LogP contribution >= 0.6 is 0 Å². The molecule has 1 saturated carbocycles. The zero-order valence-corrected chi connectivity index (χ0v) is 11.8. The van der Waals surface area contributed by atoms with E-state index in [2.05, 4.69) is 22.5 Å². The summed E-state index contributed by atoms with van der Waals surface area (Å²) in [5.41, 5.74) is 0. The Morgan fingerprint density at radius 3 is 2.47 bits per heavy atom. The molecule has 1 heterocycles. The summed E-state index contributed by atoms with van der Waals surface area (Å²) in [5, 5.41) is 5.31. The molecule has 0 radical (unpaired) electrons. The summed E-state index contributed by atoms with van der Waals surface area (Å²) in [6.45, 7) is 3.43. The molecule has 1 unspecified atom stereocenters. The Morgan fingerprint density at radius 1 is 1.11 bits per heavy atom. The molecular weight excluding hydrogens is 242 g/mol. The van der Waals surface area contributed by atoms with Crippen LogP contribution in [0.2, 0.25) is 0 Å². The van der Waals surface area contributed by atoms with Crippen molar-refractivity contribution < 1.29 is 9.59 Å². The Hall–Kier alpha value is -1.10. The smallest absolute Gasteiger partial charge is 0.321 e. The highest BCUT2D eigenvalue weighted by molar-refractivity contribution is 5.95. The minimum atomic E-state index is -0.332. The number of hydrogen-bond acceptors (Lipinski definition) is 3. The number of imide groups is 1. The number of carbonyl (C=O) groups is 2. The fraction of sp³-hybridized carbons (Fsp3) is 0.857. The standard InChI is InChI=1S/C14H25N3O2/c1-11-6-4-5-9-17(11)10-13(18)16-14(19)15-12-7-2-3-8-12/h11-12H,2-10H2,1H3,(H2,15,16,18,19). The lowest BCUT2D eigenvalue weighted by Crippen LogP contribution is -2.49. The van der Waals surface area contributed by atoms with E-state index in [4.69, 9.17) is 0 Å². The Kier molecular flexibility index (Phi) is 5.19. The highest BCUT2D eigenvalue weighted by atomic mass is 16.2. The van der Waals surface area contributed by atoms with Gasteiger partial charge in [-0.25, -0.2) is 4.79 Å². The molecule has 2 fully saturated rings. The van der Waals surface area contributed by atoms with Gasteiger partial charge in [0.2, 0.25) is 5.91 Å². The van der Waals surface area contributed by atoms with Crippen molar-refractivity contribution in [2.24, 2.45) is 0 Å². The lowest BCUT2D eigenvalue weighted by molar-refractivity contribution is -0.122. The maximum atomic E-state index is 11.8. The monoisotopic (exact) mass is 267 g/mol. The largest absolute Gasteiger partial charge is 0.335 e. The maximum absolute atomic E-state index is 11.8. The molecule has 0 aromatic carbocycles. The Bertz CT molecular complexity index is 327. The van der Waals surface area contributed by atoms with Crippen LogP contribution in [0.15, 0.2) is 0 Å². The number of carbonyl (C=O) groups excluding carboxylic acids is 2. The predicted octanol–water partition coefficient (Wildman–Crippen LogP) is 1.63. The molecule has 1 aliphatic carbocycles. The van der Waals surface area contributed by atoms with Crippen LogP contribution in [0.3, 0.4) is 0 Å². The average Bonchev–Trinajstić information content (AvgIpc) is 2.84. The van der Waals surface area contributed by atoms with Gasteiger partial charge in [0.05, 0.1) is 6.54 Å². The second-order valence-electron chi connectivity index (χ2n) is 5.82. The van der Waals surface area contributed by atoms with Gasteiger partial charge in [-0.1, -0.05) is 19.3 Å². The minimum Gasteiger partial charge on any atom is -0.335 e. The van der Waals surface area contributed by atoms with Crippen LogP contribution in [0, 0.1) is 0 Å². The number of rotatable bonds is 3. The first-order valence-corrected chi connectivity index (χ1v) is 7.49. The third kappa shape index (κ3) is 4.49. The highest BCUT2D eigenvalue weighted by Crippen LogP contribution is 2.17. The number of amides is 3. The first-order valence-electron chi connectivity index (χ1n) is 7.49. The van der Waals surface area contributed by atoms with Gasteiger partial charge in [-0.3, -0.25) is 15.0 Å². The molecule has 0 aromatic heterocycles. The van der Waals surface area contributed by atoms with Crippen molar-refractivity contribution in [1.29, 1.82) is 0 Å². The molecule has 0 bridgehead atoms. The Morgan fingerprint density at radius 2 is 1.79 bits per heavy atom. The van der Waals surface area contributed by atoms with Crippen molar-refractivity contribution in [2.45, 2.75) is 64.0 Å². The fourth-order valence-electron chi connectivity index (χ4n) is 3.03. The van der Waals surface area contributed by atoms with E-state index in [0.717, 1.165) is 32.2 Å². The van der Waals surface area contributed by atoms with Crippen LogP contribution in [-0.4, -0.2) is 42.0 Å². The topological polar surface area (TPSA) is 61.4 Å². The van der Waals surface area contributed by atoms with E-state index >= 15 is 0 Å². The summed E-state index contributed by atoms with van der Waals surface area (Å²) < 4.78 is 0. The molecule has 1 saturated heterocycles. The molecule has 0 spiro atoms. The molecule has 2 aliphatic rings. The maximum Gasteiger partial charge on any atom is 0.321 e. The van der Waals surface area contributed by atoms with Crippen molar-refractivity contribution in [1.82, 2.24) is 15.5 Å². The average molecular weight is 267 g/mol. The van der Waals surface area contributed by atoms with Crippen LogP contribution in [0.5, 0.6) is 0 Å². The van der Waals surface area contributed by atoms with E-state index in [1.54, 1.807) is 0 Å². The van der Waals surface area contributed by atoms with Gasteiger partial charge in [0.1, 0.15) is 0 Å².